The second kappa shape index (κ2) is 7.89. The van der Waals surface area contributed by atoms with E-state index in [9.17, 15) is 9.18 Å². The van der Waals surface area contributed by atoms with Gasteiger partial charge in [-0.3, -0.25) is 4.79 Å². The SMILES string of the molecule is CCCNC(CC(=O)OCC)c1cc(C)ccc1F. The van der Waals surface area contributed by atoms with Crippen molar-refractivity contribution < 1.29 is 13.9 Å². The number of benzene rings is 1. The van der Waals surface area contributed by atoms with E-state index in [2.05, 4.69) is 5.32 Å². The predicted molar refractivity (Wildman–Crippen MR) is 73.4 cm³/mol. The van der Waals surface area contributed by atoms with Crippen LogP contribution in [0.1, 0.15) is 43.9 Å². The summed E-state index contributed by atoms with van der Waals surface area (Å²) in [5.41, 5.74) is 1.50. The molecule has 0 aliphatic heterocycles. The molecule has 106 valence electrons. The molecule has 1 rings (SSSR count). The molecular formula is C15H22FNO2. The largest absolute Gasteiger partial charge is 0.466 e. The zero-order chi connectivity index (χ0) is 14.3. The molecule has 0 aliphatic rings. The van der Waals surface area contributed by atoms with Crippen LogP contribution >= 0.6 is 0 Å². The summed E-state index contributed by atoms with van der Waals surface area (Å²) in [6, 6.07) is 4.61. The molecule has 1 aromatic carbocycles. The first-order chi connectivity index (χ1) is 9.08. The standard InChI is InChI=1S/C15H22FNO2/c1-4-8-17-14(10-15(18)19-5-2)12-9-11(3)6-7-13(12)16/h6-7,9,14,17H,4-5,8,10H2,1-3H3. The lowest BCUT2D eigenvalue weighted by Gasteiger charge is -2.19. The van der Waals surface area contributed by atoms with Gasteiger partial charge in [0.05, 0.1) is 13.0 Å². The zero-order valence-electron chi connectivity index (χ0n) is 11.8. The fraction of sp³-hybridized carbons (Fsp3) is 0.533. The number of halogens is 1. The van der Waals surface area contributed by atoms with E-state index in [0.29, 0.717) is 12.2 Å². The van der Waals surface area contributed by atoms with Crippen LogP contribution in [-0.2, 0) is 9.53 Å². The number of carbonyl (C=O) groups excluding carboxylic acids is 1. The molecule has 0 bridgehead atoms. The summed E-state index contributed by atoms with van der Waals surface area (Å²) >= 11 is 0. The van der Waals surface area contributed by atoms with Crippen LogP contribution in [0.25, 0.3) is 0 Å². The van der Waals surface area contributed by atoms with Crippen molar-refractivity contribution in [1.82, 2.24) is 5.32 Å². The summed E-state index contributed by atoms with van der Waals surface area (Å²) in [5, 5.41) is 3.20. The fourth-order valence-corrected chi connectivity index (χ4v) is 1.93. The number of ether oxygens (including phenoxy) is 1. The second-order valence-electron chi connectivity index (χ2n) is 4.54. The zero-order valence-corrected chi connectivity index (χ0v) is 11.8. The molecule has 0 radical (unpaired) electrons. The average molecular weight is 267 g/mol. The smallest absolute Gasteiger partial charge is 0.307 e. The monoisotopic (exact) mass is 267 g/mol. The highest BCUT2D eigenvalue weighted by Gasteiger charge is 2.19. The first-order valence-corrected chi connectivity index (χ1v) is 6.73. The van der Waals surface area contributed by atoms with E-state index in [-0.39, 0.29) is 24.2 Å². The maximum Gasteiger partial charge on any atom is 0.307 e. The van der Waals surface area contributed by atoms with E-state index in [0.717, 1.165) is 18.5 Å². The Balaban J connectivity index is 2.88. The molecule has 1 atom stereocenters. The van der Waals surface area contributed by atoms with Crippen molar-refractivity contribution in [2.24, 2.45) is 0 Å². The van der Waals surface area contributed by atoms with Gasteiger partial charge in [0.25, 0.3) is 0 Å². The first kappa shape index (κ1) is 15.6. The van der Waals surface area contributed by atoms with Gasteiger partial charge in [-0.2, -0.15) is 0 Å². The summed E-state index contributed by atoms with van der Waals surface area (Å²) in [6.45, 7) is 6.78. The third-order valence-electron chi connectivity index (χ3n) is 2.84. The van der Waals surface area contributed by atoms with Gasteiger partial charge in [0.2, 0.25) is 0 Å². The normalized spacial score (nSPS) is 12.2. The first-order valence-electron chi connectivity index (χ1n) is 6.73. The van der Waals surface area contributed by atoms with Gasteiger partial charge in [-0.1, -0.05) is 24.6 Å². The van der Waals surface area contributed by atoms with Crippen molar-refractivity contribution in [3.05, 3.63) is 35.1 Å². The molecular weight excluding hydrogens is 245 g/mol. The van der Waals surface area contributed by atoms with Gasteiger partial charge in [-0.25, -0.2) is 4.39 Å². The minimum absolute atomic E-state index is 0.147. The van der Waals surface area contributed by atoms with Crippen molar-refractivity contribution >= 4 is 5.97 Å². The van der Waals surface area contributed by atoms with Gasteiger partial charge in [0.1, 0.15) is 5.82 Å². The Kier molecular flexibility index (Phi) is 6.50. The molecule has 0 saturated carbocycles. The summed E-state index contributed by atoms with van der Waals surface area (Å²) < 4.78 is 18.8. The highest BCUT2D eigenvalue weighted by Crippen LogP contribution is 2.22. The molecule has 3 nitrogen and oxygen atoms in total. The Bertz CT molecular complexity index is 421. The summed E-state index contributed by atoms with van der Waals surface area (Å²) in [5.74, 6) is -0.597. The van der Waals surface area contributed by atoms with Crippen LogP contribution in [0.2, 0.25) is 0 Å². The number of aryl methyl sites for hydroxylation is 1. The highest BCUT2D eigenvalue weighted by atomic mass is 19.1. The number of hydrogen-bond donors (Lipinski definition) is 1. The lowest BCUT2D eigenvalue weighted by molar-refractivity contribution is -0.143. The number of carbonyl (C=O) groups is 1. The van der Waals surface area contributed by atoms with Gasteiger partial charge in [0.15, 0.2) is 0 Å². The van der Waals surface area contributed by atoms with Crippen LogP contribution < -0.4 is 5.32 Å². The molecule has 0 amide bonds. The van der Waals surface area contributed by atoms with Crippen molar-refractivity contribution in [2.75, 3.05) is 13.2 Å². The summed E-state index contributed by atoms with van der Waals surface area (Å²) in [4.78, 5) is 11.6. The van der Waals surface area contributed by atoms with Crippen molar-refractivity contribution in [2.45, 2.75) is 39.7 Å². The minimum Gasteiger partial charge on any atom is -0.466 e. The molecule has 0 fully saturated rings. The molecule has 1 unspecified atom stereocenters. The molecule has 1 aromatic rings. The summed E-state index contributed by atoms with van der Waals surface area (Å²) in [7, 11) is 0. The number of rotatable bonds is 7. The Morgan fingerprint density at radius 1 is 1.42 bits per heavy atom. The number of esters is 1. The van der Waals surface area contributed by atoms with E-state index >= 15 is 0 Å². The molecule has 19 heavy (non-hydrogen) atoms. The van der Waals surface area contributed by atoms with Gasteiger partial charge < -0.3 is 10.1 Å². The summed E-state index contributed by atoms with van der Waals surface area (Å²) in [6.07, 6.45) is 1.07. The van der Waals surface area contributed by atoms with E-state index < -0.39 is 0 Å². The van der Waals surface area contributed by atoms with Crippen LogP contribution in [0.15, 0.2) is 18.2 Å². The third kappa shape index (κ3) is 4.99. The lowest BCUT2D eigenvalue weighted by Crippen LogP contribution is -2.26. The molecule has 4 heteroatoms. The van der Waals surface area contributed by atoms with Crippen LogP contribution in [0.3, 0.4) is 0 Å². The Morgan fingerprint density at radius 2 is 2.16 bits per heavy atom. The van der Waals surface area contributed by atoms with Crippen LogP contribution in [0, 0.1) is 12.7 Å². The minimum atomic E-state index is -0.334. The maximum absolute atomic E-state index is 13.9. The van der Waals surface area contributed by atoms with Gasteiger partial charge in [-0.05, 0) is 32.9 Å². The topological polar surface area (TPSA) is 38.3 Å². The Hall–Kier alpha value is -1.42. The molecule has 0 heterocycles. The fourth-order valence-electron chi connectivity index (χ4n) is 1.93. The highest BCUT2D eigenvalue weighted by molar-refractivity contribution is 5.70. The maximum atomic E-state index is 13.9. The van der Waals surface area contributed by atoms with E-state index in [1.807, 2.05) is 13.8 Å². The molecule has 0 aliphatic carbocycles. The van der Waals surface area contributed by atoms with E-state index in [1.54, 1.807) is 19.1 Å². The van der Waals surface area contributed by atoms with Crippen LogP contribution in [0.4, 0.5) is 4.39 Å². The average Bonchev–Trinajstić information content (AvgIpc) is 2.38. The van der Waals surface area contributed by atoms with E-state index in [4.69, 9.17) is 4.74 Å². The Labute approximate surface area is 114 Å². The molecule has 0 aromatic heterocycles. The van der Waals surface area contributed by atoms with Crippen LogP contribution in [-0.4, -0.2) is 19.1 Å². The van der Waals surface area contributed by atoms with E-state index in [1.165, 1.54) is 6.07 Å². The molecule has 0 saturated heterocycles. The quantitative estimate of drug-likeness (QED) is 0.771. The molecule has 1 N–H and O–H groups in total. The van der Waals surface area contributed by atoms with Crippen LogP contribution in [0.5, 0.6) is 0 Å². The van der Waals surface area contributed by atoms with Gasteiger partial charge in [0, 0.05) is 11.6 Å². The number of nitrogens with one attached hydrogen (secondary N) is 1. The van der Waals surface area contributed by atoms with Gasteiger partial charge in [-0.15, -0.1) is 0 Å². The lowest BCUT2D eigenvalue weighted by atomic mass is 10.0. The number of hydrogen-bond acceptors (Lipinski definition) is 3. The van der Waals surface area contributed by atoms with Crippen molar-refractivity contribution in [3.8, 4) is 0 Å². The Morgan fingerprint density at radius 3 is 2.79 bits per heavy atom. The second-order valence-corrected chi connectivity index (χ2v) is 4.54. The third-order valence-corrected chi connectivity index (χ3v) is 2.84. The van der Waals surface area contributed by atoms with Crippen molar-refractivity contribution in [3.63, 3.8) is 0 Å². The predicted octanol–water partition coefficient (Wildman–Crippen LogP) is 3.13. The van der Waals surface area contributed by atoms with Crippen molar-refractivity contribution in [1.29, 1.82) is 0 Å². The molecule has 0 spiro atoms. The van der Waals surface area contributed by atoms with Gasteiger partial charge >= 0.3 is 5.97 Å².